The van der Waals surface area contributed by atoms with Crippen molar-refractivity contribution in [1.82, 2.24) is 0 Å². The first kappa shape index (κ1) is 10.5. The van der Waals surface area contributed by atoms with Crippen LogP contribution in [0.25, 0.3) is 0 Å². The molecular weight excluding hydrogens is 248 g/mol. The van der Waals surface area contributed by atoms with E-state index in [2.05, 4.69) is 12.2 Å². The summed E-state index contributed by atoms with van der Waals surface area (Å²) in [4.78, 5) is 25.1. The highest BCUT2D eigenvalue weighted by Gasteiger charge is 2.54. The van der Waals surface area contributed by atoms with Gasteiger partial charge in [0.25, 0.3) is 0 Å². The second-order valence-electron chi connectivity index (χ2n) is 5.42. The number of ketones is 2. The third-order valence-corrected chi connectivity index (χ3v) is 4.81. The summed E-state index contributed by atoms with van der Waals surface area (Å²) in [7, 11) is 0. The second kappa shape index (κ2) is 3.33. The lowest BCUT2D eigenvalue weighted by Gasteiger charge is -2.31. The van der Waals surface area contributed by atoms with Gasteiger partial charge in [0.05, 0.1) is 0 Å². The number of hydrogen-bond acceptors (Lipinski definition) is 2. The van der Waals surface area contributed by atoms with Gasteiger partial charge < -0.3 is 0 Å². The Bertz CT molecular complexity index is 617. The van der Waals surface area contributed by atoms with Crippen LogP contribution >= 0.6 is 11.6 Å². The van der Waals surface area contributed by atoms with Crippen molar-refractivity contribution in [3.05, 3.63) is 46.5 Å². The number of halogens is 1. The standard InChI is InChI=1S/C15H11ClO2/c16-9-3-4-10-11(6-9)15(18)13-8-2-1-7(5-8)12(13)14(10)17/h1-4,6-8,12-13H,5H2. The predicted octanol–water partition coefficient (Wildman–Crippen LogP) is 3.16. The van der Waals surface area contributed by atoms with Crippen LogP contribution in [0.5, 0.6) is 0 Å². The van der Waals surface area contributed by atoms with Gasteiger partial charge in [-0.15, -0.1) is 0 Å². The Labute approximate surface area is 110 Å². The third-order valence-electron chi connectivity index (χ3n) is 4.58. The Morgan fingerprint density at radius 1 is 0.944 bits per heavy atom. The number of fused-ring (bicyclic) bond motifs is 6. The van der Waals surface area contributed by atoms with Crippen molar-refractivity contribution in [2.45, 2.75) is 6.42 Å². The van der Waals surface area contributed by atoms with Crippen molar-refractivity contribution in [1.29, 1.82) is 0 Å². The zero-order chi connectivity index (χ0) is 12.4. The molecule has 1 aromatic rings. The molecule has 3 heteroatoms. The molecule has 4 unspecified atom stereocenters. The Balaban J connectivity index is 1.93. The number of hydrogen-bond donors (Lipinski definition) is 0. The van der Waals surface area contributed by atoms with Crippen LogP contribution in [0.2, 0.25) is 5.02 Å². The van der Waals surface area contributed by atoms with Crippen LogP contribution in [0, 0.1) is 23.7 Å². The zero-order valence-electron chi connectivity index (χ0n) is 9.60. The minimum Gasteiger partial charge on any atom is -0.294 e. The summed E-state index contributed by atoms with van der Waals surface area (Å²) in [6, 6.07) is 5.03. The fourth-order valence-electron chi connectivity index (χ4n) is 3.83. The van der Waals surface area contributed by atoms with Gasteiger partial charge in [-0.05, 0) is 36.5 Å². The van der Waals surface area contributed by atoms with Crippen LogP contribution in [0.15, 0.2) is 30.4 Å². The molecule has 0 aromatic heterocycles. The van der Waals surface area contributed by atoms with E-state index < -0.39 is 0 Å². The Morgan fingerprint density at radius 2 is 1.56 bits per heavy atom. The maximum Gasteiger partial charge on any atom is 0.168 e. The van der Waals surface area contributed by atoms with Crippen molar-refractivity contribution in [2.24, 2.45) is 23.7 Å². The Morgan fingerprint density at radius 3 is 2.22 bits per heavy atom. The number of benzene rings is 1. The number of carbonyl (C=O) groups is 2. The summed E-state index contributed by atoms with van der Waals surface area (Å²) in [6.45, 7) is 0. The van der Waals surface area contributed by atoms with E-state index in [1.165, 1.54) is 0 Å². The number of rotatable bonds is 0. The summed E-state index contributed by atoms with van der Waals surface area (Å²) in [6.07, 6.45) is 5.17. The largest absolute Gasteiger partial charge is 0.294 e. The lowest BCUT2D eigenvalue weighted by atomic mass is 9.69. The number of carbonyl (C=O) groups excluding carboxylic acids is 2. The zero-order valence-corrected chi connectivity index (χ0v) is 10.4. The highest BCUT2D eigenvalue weighted by molar-refractivity contribution is 6.31. The molecule has 18 heavy (non-hydrogen) atoms. The monoisotopic (exact) mass is 258 g/mol. The maximum absolute atomic E-state index is 12.5. The lowest BCUT2D eigenvalue weighted by Crippen LogP contribution is -2.38. The van der Waals surface area contributed by atoms with E-state index in [9.17, 15) is 9.59 Å². The summed E-state index contributed by atoms with van der Waals surface area (Å²) in [5, 5.41) is 0.520. The van der Waals surface area contributed by atoms with Gasteiger partial charge in [0.2, 0.25) is 0 Å². The molecule has 0 aliphatic heterocycles. The quantitative estimate of drug-likeness (QED) is 0.670. The van der Waals surface area contributed by atoms with Gasteiger partial charge in [-0.25, -0.2) is 0 Å². The molecule has 0 spiro atoms. The third kappa shape index (κ3) is 1.14. The molecule has 1 saturated carbocycles. The van der Waals surface area contributed by atoms with Crippen LogP contribution < -0.4 is 0 Å². The molecule has 4 atom stereocenters. The van der Waals surface area contributed by atoms with E-state index in [-0.39, 0.29) is 35.2 Å². The van der Waals surface area contributed by atoms with Crippen LogP contribution in [0.1, 0.15) is 27.1 Å². The van der Waals surface area contributed by atoms with Crippen LogP contribution in [-0.4, -0.2) is 11.6 Å². The molecule has 0 heterocycles. The van der Waals surface area contributed by atoms with Gasteiger partial charge >= 0.3 is 0 Å². The number of allylic oxidation sites excluding steroid dienone is 2. The van der Waals surface area contributed by atoms with E-state index in [0.717, 1.165) is 6.42 Å². The van der Waals surface area contributed by atoms with Crippen molar-refractivity contribution in [2.75, 3.05) is 0 Å². The van der Waals surface area contributed by atoms with E-state index in [0.29, 0.717) is 16.1 Å². The fraction of sp³-hybridized carbons (Fsp3) is 0.333. The van der Waals surface area contributed by atoms with E-state index >= 15 is 0 Å². The molecule has 3 aliphatic carbocycles. The van der Waals surface area contributed by atoms with Gasteiger partial charge in [-0.3, -0.25) is 9.59 Å². The van der Waals surface area contributed by atoms with Crippen LogP contribution in [0.4, 0.5) is 0 Å². The minimum absolute atomic E-state index is 0.106. The average molecular weight is 259 g/mol. The van der Waals surface area contributed by atoms with Crippen molar-refractivity contribution in [3.8, 4) is 0 Å². The lowest BCUT2D eigenvalue weighted by molar-refractivity contribution is 0.0720. The van der Waals surface area contributed by atoms with Gasteiger partial charge in [0, 0.05) is 28.0 Å². The van der Waals surface area contributed by atoms with Gasteiger partial charge in [0.1, 0.15) is 0 Å². The molecule has 0 radical (unpaired) electrons. The van der Waals surface area contributed by atoms with Crippen LogP contribution in [-0.2, 0) is 0 Å². The van der Waals surface area contributed by atoms with Gasteiger partial charge in [-0.1, -0.05) is 23.8 Å². The fourth-order valence-corrected chi connectivity index (χ4v) is 4.00. The van der Waals surface area contributed by atoms with Gasteiger partial charge in [0.15, 0.2) is 11.6 Å². The summed E-state index contributed by atoms with van der Waals surface area (Å²) in [5.41, 5.74) is 1.08. The highest BCUT2D eigenvalue weighted by atomic mass is 35.5. The van der Waals surface area contributed by atoms with E-state index in [1.807, 2.05) is 0 Å². The van der Waals surface area contributed by atoms with E-state index in [4.69, 9.17) is 11.6 Å². The number of Topliss-reactive ketones (excluding diaryl/α,β-unsaturated/α-hetero) is 2. The molecule has 0 saturated heterocycles. The molecular formula is C15H11ClO2. The Hall–Kier alpha value is -1.41. The van der Waals surface area contributed by atoms with E-state index in [1.54, 1.807) is 18.2 Å². The SMILES string of the molecule is O=C1c2ccc(Cl)cc2C(=O)C2C3C=CC(C3)C12. The molecule has 0 amide bonds. The van der Waals surface area contributed by atoms with Crippen molar-refractivity contribution >= 4 is 23.2 Å². The topological polar surface area (TPSA) is 34.1 Å². The Kier molecular flexibility index (Phi) is 1.94. The molecule has 3 aliphatic rings. The first-order valence-corrected chi connectivity index (χ1v) is 6.61. The summed E-state index contributed by atoms with van der Waals surface area (Å²) < 4.78 is 0. The first-order valence-electron chi connectivity index (χ1n) is 6.23. The second-order valence-corrected chi connectivity index (χ2v) is 5.85. The average Bonchev–Trinajstić information content (AvgIpc) is 2.96. The highest BCUT2D eigenvalue weighted by Crippen LogP contribution is 2.52. The smallest absolute Gasteiger partial charge is 0.168 e. The van der Waals surface area contributed by atoms with Crippen LogP contribution in [0.3, 0.4) is 0 Å². The van der Waals surface area contributed by atoms with Crippen molar-refractivity contribution in [3.63, 3.8) is 0 Å². The molecule has 1 aromatic carbocycles. The molecule has 90 valence electrons. The van der Waals surface area contributed by atoms with Gasteiger partial charge in [-0.2, -0.15) is 0 Å². The maximum atomic E-state index is 12.5. The summed E-state index contributed by atoms with van der Waals surface area (Å²) >= 11 is 5.93. The first-order chi connectivity index (χ1) is 8.66. The van der Waals surface area contributed by atoms with Crippen molar-refractivity contribution < 1.29 is 9.59 Å². The summed E-state index contributed by atoms with van der Waals surface area (Å²) in [5.74, 6) is 0.487. The molecule has 1 fully saturated rings. The predicted molar refractivity (Wildman–Crippen MR) is 67.8 cm³/mol. The molecule has 4 rings (SSSR count). The molecule has 2 bridgehead atoms. The normalized spacial score (nSPS) is 35.8. The molecule has 0 N–H and O–H groups in total. The molecule has 2 nitrogen and oxygen atoms in total. The minimum atomic E-state index is -0.140.